The number of anilines is 3. The van der Waals surface area contributed by atoms with Gasteiger partial charge in [-0.3, -0.25) is 14.5 Å². The van der Waals surface area contributed by atoms with Gasteiger partial charge in [-0.05, 0) is 48.7 Å². The maximum atomic E-state index is 13.9. The largest absolute Gasteiger partial charge is 0.482 e. The van der Waals surface area contributed by atoms with Gasteiger partial charge >= 0.3 is 0 Å². The van der Waals surface area contributed by atoms with Crippen LogP contribution in [0.2, 0.25) is 0 Å². The van der Waals surface area contributed by atoms with Crippen LogP contribution in [0.25, 0.3) is 0 Å². The minimum absolute atomic E-state index is 0.00229. The smallest absolute Gasteiger partial charge is 0.269 e. The van der Waals surface area contributed by atoms with Gasteiger partial charge in [0, 0.05) is 23.8 Å². The van der Waals surface area contributed by atoms with E-state index in [0.29, 0.717) is 18.7 Å². The normalized spacial score (nSPS) is 24.7. The minimum Gasteiger partial charge on any atom is -0.482 e. The van der Waals surface area contributed by atoms with Crippen LogP contribution in [0, 0.1) is 5.92 Å². The van der Waals surface area contributed by atoms with Crippen molar-refractivity contribution in [2.24, 2.45) is 5.92 Å². The van der Waals surface area contributed by atoms with Gasteiger partial charge in [-0.25, -0.2) is 0 Å². The molecule has 0 radical (unpaired) electrons. The highest BCUT2D eigenvalue weighted by Crippen LogP contribution is 2.53. The number of carbonyl (C=O) groups excluding carboxylic acids is 2. The second-order valence-corrected chi connectivity index (χ2v) is 9.68. The predicted octanol–water partition coefficient (Wildman–Crippen LogP) is 4.29. The van der Waals surface area contributed by atoms with E-state index in [0.717, 1.165) is 34.6 Å². The van der Waals surface area contributed by atoms with Gasteiger partial charge in [0.15, 0.2) is 12.2 Å². The van der Waals surface area contributed by atoms with Gasteiger partial charge in [0.25, 0.3) is 11.8 Å². The second-order valence-electron chi connectivity index (χ2n) is 9.68. The topological polar surface area (TPSA) is 79.3 Å². The van der Waals surface area contributed by atoms with Gasteiger partial charge in [-0.1, -0.05) is 49.4 Å². The van der Waals surface area contributed by atoms with E-state index in [4.69, 9.17) is 9.47 Å². The summed E-state index contributed by atoms with van der Waals surface area (Å²) in [4.78, 5) is 30.1. The average molecular weight is 485 g/mol. The van der Waals surface area contributed by atoms with Crippen LogP contribution in [0.4, 0.5) is 17.1 Å². The molecule has 1 saturated heterocycles. The van der Waals surface area contributed by atoms with E-state index in [-0.39, 0.29) is 37.0 Å². The summed E-state index contributed by atoms with van der Waals surface area (Å²) >= 11 is 0. The monoisotopic (exact) mass is 484 g/mol. The number of fused-ring (bicyclic) bond motifs is 3. The van der Waals surface area contributed by atoms with Gasteiger partial charge in [-0.2, -0.15) is 0 Å². The lowest BCUT2D eigenvalue weighted by molar-refractivity contribution is -0.146. The number of para-hydroxylation sites is 3. The maximum absolute atomic E-state index is 13.9. The summed E-state index contributed by atoms with van der Waals surface area (Å²) in [5, 5.41) is 9.43. The summed E-state index contributed by atoms with van der Waals surface area (Å²) in [6.45, 7) is 2.48. The molecule has 0 aliphatic carbocycles. The molecule has 0 unspecified atom stereocenters. The molecule has 1 fully saturated rings. The molecule has 36 heavy (non-hydrogen) atoms. The third-order valence-electron chi connectivity index (χ3n) is 7.51. The fraction of sp³-hybridized carbons (Fsp3) is 0.310. The van der Waals surface area contributed by atoms with Crippen molar-refractivity contribution in [1.29, 1.82) is 0 Å². The molecule has 3 aliphatic heterocycles. The Morgan fingerprint density at radius 3 is 2.47 bits per heavy atom. The molecular formula is C29H28N2O5. The summed E-state index contributed by atoms with van der Waals surface area (Å²) in [6, 6.07) is 23.0. The highest BCUT2D eigenvalue weighted by Gasteiger charge is 2.59. The van der Waals surface area contributed by atoms with Crippen LogP contribution in [0.1, 0.15) is 30.9 Å². The number of amides is 2. The highest BCUT2D eigenvalue weighted by molar-refractivity contribution is 6.07. The summed E-state index contributed by atoms with van der Waals surface area (Å²) in [5.74, 6) is 0.494. The Morgan fingerprint density at radius 1 is 0.972 bits per heavy atom. The van der Waals surface area contributed by atoms with Crippen molar-refractivity contribution in [1.82, 2.24) is 0 Å². The summed E-state index contributed by atoms with van der Waals surface area (Å²) in [5.41, 5.74) is 3.17. The zero-order chi connectivity index (χ0) is 24.9. The van der Waals surface area contributed by atoms with Gasteiger partial charge in [0.1, 0.15) is 5.75 Å². The second kappa shape index (κ2) is 8.76. The van der Waals surface area contributed by atoms with Gasteiger partial charge in [-0.15, -0.1) is 0 Å². The summed E-state index contributed by atoms with van der Waals surface area (Å²) in [7, 11) is 0. The molecule has 7 heteroatoms. The molecule has 6 rings (SSSR count). The predicted molar refractivity (Wildman–Crippen MR) is 135 cm³/mol. The Hall–Kier alpha value is -3.68. The van der Waals surface area contributed by atoms with E-state index < -0.39 is 5.60 Å². The van der Waals surface area contributed by atoms with E-state index >= 15 is 0 Å². The zero-order valence-electron chi connectivity index (χ0n) is 20.1. The molecule has 3 atom stereocenters. The van der Waals surface area contributed by atoms with Crippen LogP contribution in [-0.4, -0.2) is 36.2 Å². The first-order chi connectivity index (χ1) is 17.5. The van der Waals surface area contributed by atoms with E-state index in [2.05, 4.69) is 6.92 Å². The van der Waals surface area contributed by atoms with Gasteiger partial charge in [0.2, 0.25) is 0 Å². The Balaban J connectivity index is 1.29. The quantitative estimate of drug-likeness (QED) is 0.585. The summed E-state index contributed by atoms with van der Waals surface area (Å²) < 4.78 is 12.0. The van der Waals surface area contributed by atoms with Crippen molar-refractivity contribution in [2.45, 2.75) is 38.0 Å². The van der Waals surface area contributed by atoms with Crippen LogP contribution < -0.4 is 14.5 Å². The Morgan fingerprint density at radius 2 is 1.69 bits per heavy atom. The van der Waals surface area contributed by atoms with Crippen molar-refractivity contribution in [3.05, 3.63) is 83.9 Å². The van der Waals surface area contributed by atoms with E-state index in [1.807, 2.05) is 72.8 Å². The van der Waals surface area contributed by atoms with Crippen LogP contribution in [0.3, 0.4) is 0 Å². The molecule has 1 spiro atoms. The van der Waals surface area contributed by atoms with Crippen molar-refractivity contribution in [3.8, 4) is 5.75 Å². The third-order valence-corrected chi connectivity index (χ3v) is 7.51. The molecule has 0 aromatic heterocycles. The van der Waals surface area contributed by atoms with Crippen LogP contribution in [0.5, 0.6) is 5.75 Å². The highest BCUT2D eigenvalue weighted by atomic mass is 16.5. The Kier molecular flexibility index (Phi) is 5.54. The Bertz CT molecular complexity index is 1320. The molecule has 0 bridgehead atoms. The summed E-state index contributed by atoms with van der Waals surface area (Å²) in [6.07, 6.45) is 1.11. The number of nitrogens with zero attached hydrogens (tertiary/aromatic N) is 2. The van der Waals surface area contributed by atoms with Crippen LogP contribution in [-0.2, 0) is 26.5 Å². The number of aliphatic hydroxyl groups excluding tert-OH is 1. The third kappa shape index (κ3) is 3.42. The fourth-order valence-electron chi connectivity index (χ4n) is 5.82. The average Bonchev–Trinajstić information content (AvgIpc) is 3.35. The molecule has 1 N–H and O–H groups in total. The fourth-order valence-corrected chi connectivity index (χ4v) is 5.82. The molecule has 184 valence electrons. The maximum Gasteiger partial charge on any atom is 0.269 e. The van der Waals surface area contributed by atoms with Crippen molar-refractivity contribution >= 4 is 28.9 Å². The molecule has 3 aliphatic rings. The number of ether oxygens (including phenoxy) is 2. The molecule has 0 saturated carbocycles. The first kappa shape index (κ1) is 22.8. The van der Waals surface area contributed by atoms with E-state index in [1.54, 1.807) is 9.80 Å². The zero-order valence-corrected chi connectivity index (χ0v) is 20.1. The molecular weight excluding hydrogens is 456 g/mol. The number of hydrogen-bond donors (Lipinski definition) is 1. The first-order valence-electron chi connectivity index (χ1n) is 12.4. The van der Waals surface area contributed by atoms with Crippen molar-refractivity contribution < 1.29 is 24.2 Å². The minimum atomic E-state index is -1.01. The first-order valence-corrected chi connectivity index (χ1v) is 12.4. The van der Waals surface area contributed by atoms with Crippen molar-refractivity contribution in [3.63, 3.8) is 0 Å². The molecule has 7 nitrogen and oxygen atoms in total. The lowest BCUT2D eigenvalue weighted by Crippen LogP contribution is -2.43. The number of rotatable bonds is 5. The number of carbonyl (C=O) groups is 2. The van der Waals surface area contributed by atoms with Crippen LogP contribution >= 0.6 is 0 Å². The molecule has 3 aromatic carbocycles. The Labute approximate surface area is 209 Å². The SMILES string of the molecule is C[C@@H]1C[C@H](CCO)O[C@@]12C(=O)N(Cc1ccc(N3C(=O)COc4ccccc43)cc1)c1ccccc12. The number of benzene rings is 3. The number of aliphatic hydroxyl groups is 1. The lowest BCUT2D eigenvalue weighted by atomic mass is 9.83. The lowest BCUT2D eigenvalue weighted by Gasteiger charge is -2.29. The molecule has 3 heterocycles. The van der Waals surface area contributed by atoms with Gasteiger partial charge in [0.05, 0.1) is 24.0 Å². The van der Waals surface area contributed by atoms with E-state index in [1.165, 1.54) is 0 Å². The molecule has 3 aromatic rings. The molecule has 2 amide bonds. The van der Waals surface area contributed by atoms with Crippen molar-refractivity contribution in [2.75, 3.05) is 23.0 Å². The number of hydrogen-bond acceptors (Lipinski definition) is 5. The standard InChI is InChI=1S/C29H28N2O5/c1-19-16-22(14-15-32)36-29(19)23-6-2-3-7-24(23)30(28(29)34)17-20-10-12-21(13-11-20)31-25-8-4-5-9-26(25)35-18-27(31)33/h2-13,19,22,32H,14-18H2,1H3/t19-,22+,29+/m1/s1. The van der Waals surface area contributed by atoms with E-state index in [9.17, 15) is 14.7 Å². The van der Waals surface area contributed by atoms with Gasteiger partial charge < -0.3 is 19.5 Å². The van der Waals surface area contributed by atoms with Crippen LogP contribution in [0.15, 0.2) is 72.8 Å².